The second-order valence-corrected chi connectivity index (χ2v) is 9.58. The second-order valence-electron chi connectivity index (χ2n) is 7.98. The van der Waals surface area contributed by atoms with Crippen LogP contribution in [0, 0.1) is 6.92 Å². The largest absolute Gasteiger partial charge is 0.444 e. The highest BCUT2D eigenvalue weighted by Gasteiger charge is 2.37. The minimum Gasteiger partial charge on any atom is -0.444 e. The lowest BCUT2D eigenvalue weighted by Gasteiger charge is -2.36. The number of rotatable bonds is 3. The van der Waals surface area contributed by atoms with Gasteiger partial charge in [-0.2, -0.15) is 8.42 Å². The molecule has 2 amide bonds. The summed E-state index contributed by atoms with van der Waals surface area (Å²) in [4.78, 5) is 27.5. The lowest BCUT2D eigenvalue weighted by Crippen LogP contribution is -2.56. The van der Waals surface area contributed by atoms with Crippen LogP contribution in [0.3, 0.4) is 0 Å². The summed E-state index contributed by atoms with van der Waals surface area (Å²) in [6.45, 7) is 7.24. The molecule has 9 nitrogen and oxygen atoms in total. The maximum Gasteiger partial charge on any atom is 0.410 e. The van der Waals surface area contributed by atoms with Crippen LogP contribution in [0.15, 0.2) is 33.6 Å². The number of hydrogen-bond donors (Lipinski definition) is 1. The number of sulfonamides is 1. The van der Waals surface area contributed by atoms with Gasteiger partial charge in [0.2, 0.25) is 5.96 Å². The number of hydrogen-bond acceptors (Lipinski definition) is 5. The zero-order valence-corrected chi connectivity index (χ0v) is 18.2. The van der Waals surface area contributed by atoms with Gasteiger partial charge < -0.3 is 10.5 Å². The van der Waals surface area contributed by atoms with Gasteiger partial charge in [0.15, 0.2) is 0 Å². The molecule has 2 N–H and O–H groups in total. The van der Waals surface area contributed by atoms with E-state index in [1.165, 1.54) is 24.1 Å². The Bertz CT molecular complexity index is 904. The number of nitrogens with two attached hydrogens (primary N) is 1. The molecule has 0 spiro atoms. The van der Waals surface area contributed by atoms with Crippen molar-refractivity contribution in [3.63, 3.8) is 0 Å². The summed E-state index contributed by atoms with van der Waals surface area (Å²) in [6, 6.07) is 5.35. The van der Waals surface area contributed by atoms with Crippen LogP contribution in [-0.4, -0.2) is 61.4 Å². The van der Waals surface area contributed by atoms with E-state index in [1.54, 1.807) is 32.9 Å². The van der Waals surface area contributed by atoms with E-state index in [2.05, 4.69) is 4.40 Å². The van der Waals surface area contributed by atoms with Crippen molar-refractivity contribution in [2.24, 2.45) is 10.1 Å². The van der Waals surface area contributed by atoms with Crippen molar-refractivity contribution in [1.29, 1.82) is 0 Å². The Balaban J connectivity index is 2.21. The van der Waals surface area contributed by atoms with Crippen LogP contribution in [0.5, 0.6) is 0 Å². The van der Waals surface area contributed by atoms with Crippen LogP contribution >= 0.6 is 0 Å². The third kappa shape index (κ3) is 5.69. The minimum atomic E-state index is -4.06. The quantitative estimate of drug-likeness (QED) is 0.584. The molecular formula is C19H28N4O5S. The van der Waals surface area contributed by atoms with Crippen molar-refractivity contribution >= 4 is 28.0 Å². The lowest BCUT2D eigenvalue weighted by atomic mass is 10.0. The number of likely N-dealkylation sites (N-methyl/N-ethyl adjacent to an activating group) is 1. The molecule has 10 heteroatoms. The van der Waals surface area contributed by atoms with Crippen LogP contribution < -0.4 is 5.73 Å². The van der Waals surface area contributed by atoms with E-state index < -0.39 is 39.6 Å². The Morgan fingerprint density at radius 1 is 1.28 bits per heavy atom. The van der Waals surface area contributed by atoms with Gasteiger partial charge in [0, 0.05) is 13.6 Å². The average molecular weight is 425 g/mol. The highest BCUT2D eigenvalue weighted by molar-refractivity contribution is 7.90. The first-order valence-corrected chi connectivity index (χ1v) is 10.7. The predicted octanol–water partition coefficient (Wildman–Crippen LogP) is 1.86. The van der Waals surface area contributed by atoms with E-state index in [9.17, 15) is 18.0 Å². The van der Waals surface area contributed by atoms with Gasteiger partial charge in [-0.15, -0.1) is 4.40 Å². The topological polar surface area (TPSA) is 122 Å². The number of amides is 2. The molecule has 0 radical (unpaired) electrons. The van der Waals surface area contributed by atoms with E-state index in [0.29, 0.717) is 12.8 Å². The van der Waals surface area contributed by atoms with Crippen LogP contribution in [0.25, 0.3) is 0 Å². The standard InChI is InChI=1S/C19H28N4O5S/c1-13-8-10-14(11-9-13)29(26,27)21-17(20)23-12-6-7-15(16(23)24)22(5)18(25)28-19(2,3)4/h8-11,15H,6-7,12H2,1-5H3,(H2,20,21). The van der Waals surface area contributed by atoms with Gasteiger partial charge in [0.25, 0.3) is 15.9 Å². The molecular weight excluding hydrogens is 396 g/mol. The first-order chi connectivity index (χ1) is 13.3. The molecule has 1 saturated heterocycles. The molecule has 1 aliphatic rings. The Hall–Kier alpha value is -2.62. The SMILES string of the molecule is Cc1ccc(S(=O)(=O)N=C(N)N2CCCC(N(C)C(=O)OC(C)(C)C)C2=O)cc1. The maximum atomic E-state index is 12.9. The van der Waals surface area contributed by atoms with Crippen molar-refractivity contribution in [3.05, 3.63) is 29.8 Å². The van der Waals surface area contributed by atoms with E-state index in [1.807, 2.05) is 6.92 Å². The fraction of sp³-hybridized carbons (Fsp3) is 0.526. The number of benzene rings is 1. The molecule has 0 saturated carbocycles. The number of likely N-dealkylation sites (tertiary alicyclic amines) is 1. The molecule has 1 atom stereocenters. The van der Waals surface area contributed by atoms with Crippen molar-refractivity contribution in [1.82, 2.24) is 9.80 Å². The van der Waals surface area contributed by atoms with Gasteiger partial charge in [-0.3, -0.25) is 14.6 Å². The highest BCUT2D eigenvalue weighted by atomic mass is 32.2. The van der Waals surface area contributed by atoms with Gasteiger partial charge in [-0.05, 0) is 52.7 Å². The molecule has 1 aromatic rings. The summed E-state index contributed by atoms with van der Waals surface area (Å²) in [7, 11) is -2.59. The molecule has 29 heavy (non-hydrogen) atoms. The summed E-state index contributed by atoms with van der Waals surface area (Å²) >= 11 is 0. The van der Waals surface area contributed by atoms with Gasteiger partial charge in [0.1, 0.15) is 11.6 Å². The van der Waals surface area contributed by atoms with Gasteiger partial charge in [-0.25, -0.2) is 4.79 Å². The summed E-state index contributed by atoms with van der Waals surface area (Å²) in [5.74, 6) is -0.914. The molecule has 0 aliphatic carbocycles. The molecule has 1 fully saturated rings. The summed E-state index contributed by atoms with van der Waals surface area (Å²) in [5.41, 5.74) is 6.07. The first-order valence-electron chi connectivity index (χ1n) is 9.26. The Morgan fingerprint density at radius 2 is 1.86 bits per heavy atom. The molecule has 0 aromatic heterocycles. The van der Waals surface area contributed by atoms with Crippen LogP contribution in [0.1, 0.15) is 39.2 Å². The van der Waals surface area contributed by atoms with E-state index in [4.69, 9.17) is 10.5 Å². The van der Waals surface area contributed by atoms with Crippen LogP contribution in [-0.2, 0) is 19.6 Å². The molecule has 1 aromatic carbocycles. The van der Waals surface area contributed by atoms with Crippen molar-refractivity contribution in [3.8, 4) is 0 Å². The molecule has 1 unspecified atom stereocenters. The number of nitrogens with zero attached hydrogens (tertiary/aromatic N) is 3. The fourth-order valence-electron chi connectivity index (χ4n) is 2.84. The number of aryl methyl sites for hydroxylation is 1. The number of guanidine groups is 1. The average Bonchev–Trinajstić information content (AvgIpc) is 2.59. The van der Waals surface area contributed by atoms with Crippen molar-refractivity contribution in [2.75, 3.05) is 13.6 Å². The highest BCUT2D eigenvalue weighted by Crippen LogP contribution is 2.20. The monoisotopic (exact) mass is 424 g/mol. The van der Waals surface area contributed by atoms with E-state index >= 15 is 0 Å². The third-order valence-electron chi connectivity index (χ3n) is 4.37. The number of piperidine rings is 1. The van der Waals surface area contributed by atoms with Gasteiger partial charge in [-0.1, -0.05) is 17.7 Å². The van der Waals surface area contributed by atoms with Gasteiger partial charge >= 0.3 is 6.09 Å². The van der Waals surface area contributed by atoms with Crippen molar-refractivity contribution in [2.45, 2.75) is 57.1 Å². The normalized spacial score (nSPS) is 18.5. The van der Waals surface area contributed by atoms with Crippen molar-refractivity contribution < 1.29 is 22.7 Å². The van der Waals surface area contributed by atoms with E-state index in [0.717, 1.165) is 10.5 Å². The molecule has 2 rings (SSSR count). The summed E-state index contributed by atoms with van der Waals surface area (Å²) < 4.78 is 33.9. The smallest absolute Gasteiger partial charge is 0.410 e. The maximum absolute atomic E-state index is 12.9. The molecule has 160 valence electrons. The lowest BCUT2D eigenvalue weighted by molar-refractivity contribution is -0.135. The summed E-state index contributed by atoms with van der Waals surface area (Å²) in [6.07, 6.45) is 0.313. The van der Waals surface area contributed by atoms with Gasteiger partial charge in [0.05, 0.1) is 4.90 Å². The zero-order valence-electron chi connectivity index (χ0n) is 17.4. The summed E-state index contributed by atoms with van der Waals surface area (Å²) in [5, 5.41) is 0. The Morgan fingerprint density at radius 3 is 2.41 bits per heavy atom. The minimum absolute atomic E-state index is 0.0158. The molecule has 1 aliphatic heterocycles. The van der Waals surface area contributed by atoms with Crippen LogP contribution in [0.4, 0.5) is 4.79 Å². The third-order valence-corrected chi connectivity index (χ3v) is 5.66. The molecule has 1 heterocycles. The number of carbonyl (C=O) groups excluding carboxylic acids is 2. The zero-order chi connectivity index (χ0) is 22.0. The Kier molecular flexibility index (Phi) is 6.56. The van der Waals surface area contributed by atoms with E-state index in [-0.39, 0.29) is 11.4 Å². The molecule has 0 bridgehead atoms. The first kappa shape index (κ1) is 22.7. The predicted molar refractivity (Wildman–Crippen MR) is 109 cm³/mol. The number of carbonyl (C=O) groups is 2. The number of ether oxygens (including phenoxy) is 1. The second kappa shape index (κ2) is 8.40. The van der Waals surface area contributed by atoms with Crippen LogP contribution in [0.2, 0.25) is 0 Å². The Labute approximate surface area is 171 Å². The fourth-order valence-corrected chi connectivity index (χ4v) is 3.77.